The quantitative estimate of drug-likeness (QED) is 0.429. The van der Waals surface area contributed by atoms with E-state index in [4.69, 9.17) is 4.89 Å². The first kappa shape index (κ1) is 6.70. The SMILES string of the molecule is CCOP(O)S. The van der Waals surface area contributed by atoms with Gasteiger partial charge in [0.1, 0.15) is 0 Å². The van der Waals surface area contributed by atoms with E-state index in [1.807, 2.05) is 6.92 Å². The summed E-state index contributed by atoms with van der Waals surface area (Å²) < 4.78 is 4.53. The van der Waals surface area contributed by atoms with Crippen LogP contribution in [-0.2, 0) is 4.52 Å². The summed E-state index contributed by atoms with van der Waals surface area (Å²) in [5.41, 5.74) is 0. The normalized spacial score (nSPS) is 14.5. The van der Waals surface area contributed by atoms with Crippen molar-refractivity contribution in [2.75, 3.05) is 6.61 Å². The molecule has 0 aliphatic rings. The molecule has 38 valence electrons. The molecule has 0 radical (unpaired) electrons. The fraction of sp³-hybridized carbons (Fsp3) is 1.00. The zero-order valence-electron chi connectivity index (χ0n) is 3.46. The topological polar surface area (TPSA) is 29.5 Å². The second-order valence-electron chi connectivity index (χ2n) is 0.671. The maximum atomic E-state index is 8.26. The van der Waals surface area contributed by atoms with Gasteiger partial charge in [-0.3, -0.25) is 0 Å². The number of thiol groups is 1. The average Bonchev–Trinajstić information content (AvgIpc) is 1.35. The predicted molar refractivity (Wildman–Crippen MR) is 29.8 cm³/mol. The summed E-state index contributed by atoms with van der Waals surface area (Å²) in [6.45, 7) is 2.34. The molecule has 1 atom stereocenters. The summed E-state index contributed by atoms with van der Waals surface area (Å²) in [6, 6.07) is 0. The lowest BCUT2D eigenvalue weighted by Gasteiger charge is -1.96. The molecule has 0 rings (SSSR count). The first-order valence-corrected chi connectivity index (χ1v) is 3.94. The van der Waals surface area contributed by atoms with Crippen molar-refractivity contribution < 1.29 is 9.42 Å². The van der Waals surface area contributed by atoms with Crippen LogP contribution in [0.15, 0.2) is 0 Å². The van der Waals surface area contributed by atoms with Gasteiger partial charge in [0, 0.05) is 0 Å². The van der Waals surface area contributed by atoms with Gasteiger partial charge in [0.15, 0.2) is 0 Å². The highest BCUT2D eigenvalue weighted by Gasteiger charge is 1.88. The Morgan fingerprint density at radius 1 is 2.00 bits per heavy atom. The molecule has 0 bridgehead atoms. The van der Waals surface area contributed by atoms with E-state index in [1.54, 1.807) is 0 Å². The van der Waals surface area contributed by atoms with Gasteiger partial charge in [0.05, 0.1) is 6.61 Å². The predicted octanol–water partition coefficient (Wildman–Crippen LogP) is 1.17. The van der Waals surface area contributed by atoms with Gasteiger partial charge in [-0.05, 0) is 6.92 Å². The van der Waals surface area contributed by atoms with Gasteiger partial charge >= 0.3 is 0 Å². The van der Waals surface area contributed by atoms with Gasteiger partial charge in [0.2, 0.25) is 7.58 Å². The van der Waals surface area contributed by atoms with E-state index in [1.165, 1.54) is 0 Å². The van der Waals surface area contributed by atoms with Crippen molar-refractivity contribution in [2.45, 2.75) is 6.92 Å². The summed E-state index contributed by atoms with van der Waals surface area (Å²) in [6.07, 6.45) is 0. The van der Waals surface area contributed by atoms with Crippen molar-refractivity contribution in [3.63, 3.8) is 0 Å². The Bertz CT molecular complexity index is 32.7. The summed E-state index contributed by atoms with van der Waals surface area (Å²) in [5.74, 6) is 0. The fourth-order valence-electron chi connectivity index (χ4n) is 0.115. The van der Waals surface area contributed by atoms with Crippen molar-refractivity contribution in [3.8, 4) is 0 Å². The Morgan fingerprint density at radius 2 is 2.50 bits per heavy atom. The second-order valence-corrected chi connectivity index (χ2v) is 2.46. The Hall–Kier alpha value is 0.700. The van der Waals surface area contributed by atoms with Crippen LogP contribution in [-0.4, -0.2) is 11.5 Å². The maximum Gasteiger partial charge on any atom is 0.231 e. The molecule has 0 aromatic carbocycles. The van der Waals surface area contributed by atoms with Crippen molar-refractivity contribution >= 4 is 19.8 Å². The van der Waals surface area contributed by atoms with E-state index in [-0.39, 0.29) is 0 Å². The van der Waals surface area contributed by atoms with Gasteiger partial charge in [-0.25, -0.2) is 0 Å². The van der Waals surface area contributed by atoms with E-state index >= 15 is 0 Å². The van der Waals surface area contributed by atoms with Crippen LogP contribution in [0.5, 0.6) is 0 Å². The maximum absolute atomic E-state index is 8.26. The van der Waals surface area contributed by atoms with Crippen LogP contribution in [0.3, 0.4) is 0 Å². The molecule has 0 aliphatic carbocycles. The first-order valence-electron chi connectivity index (χ1n) is 1.58. The van der Waals surface area contributed by atoms with Crippen LogP contribution in [0, 0.1) is 0 Å². The minimum Gasteiger partial charge on any atom is -0.342 e. The molecule has 0 aromatic heterocycles. The summed E-state index contributed by atoms with van der Waals surface area (Å²) in [7, 11) is -1.41. The van der Waals surface area contributed by atoms with Gasteiger partial charge in [-0.2, -0.15) is 0 Å². The van der Waals surface area contributed by atoms with Crippen LogP contribution in [0.4, 0.5) is 0 Å². The Labute approximate surface area is 43.6 Å². The minimum atomic E-state index is -1.41. The molecule has 2 nitrogen and oxygen atoms in total. The van der Waals surface area contributed by atoms with E-state index in [9.17, 15) is 0 Å². The summed E-state index contributed by atoms with van der Waals surface area (Å²) in [5, 5.41) is 0. The van der Waals surface area contributed by atoms with Crippen LogP contribution >= 0.6 is 19.8 Å². The van der Waals surface area contributed by atoms with Gasteiger partial charge in [0.25, 0.3) is 0 Å². The summed E-state index contributed by atoms with van der Waals surface area (Å²) >= 11 is 3.58. The monoisotopic (exact) mass is 126 g/mol. The molecule has 6 heavy (non-hydrogen) atoms. The van der Waals surface area contributed by atoms with Crippen molar-refractivity contribution in [3.05, 3.63) is 0 Å². The zero-order valence-corrected chi connectivity index (χ0v) is 5.25. The summed E-state index contributed by atoms with van der Waals surface area (Å²) in [4.78, 5) is 8.26. The average molecular weight is 126 g/mol. The zero-order chi connectivity index (χ0) is 4.99. The highest BCUT2D eigenvalue weighted by molar-refractivity contribution is 8.41. The molecule has 0 saturated carbocycles. The molecular weight excluding hydrogens is 119 g/mol. The lowest BCUT2D eigenvalue weighted by Crippen LogP contribution is -1.74. The Kier molecular flexibility index (Phi) is 4.33. The third-order valence-corrected chi connectivity index (χ3v) is 1.08. The third kappa shape index (κ3) is 4.70. The number of hydrogen-bond donors (Lipinski definition) is 2. The highest BCUT2D eigenvalue weighted by Crippen LogP contribution is 2.35. The van der Waals surface area contributed by atoms with E-state index in [2.05, 4.69) is 16.8 Å². The van der Waals surface area contributed by atoms with Gasteiger partial charge in [-0.1, -0.05) is 12.2 Å². The molecule has 0 aromatic rings. The van der Waals surface area contributed by atoms with Crippen molar-refractivity contribution in [1.82, 2.24) is 0 Å². The lowest BCUT2D eigenvalue weighted by atomic mass is 10.9. The molecule has 0 spiro atoms. The number of hydrogen-bond acceptors (Lipinski definition) is 3. The van der Waals surface area contributed by atoms with Gasteiger partial charge in [-0.15, -0.1) is 0 Å². The van der Waals surface area contributed by atoms with Gasteiger partial charge < -0.3 is 9.42 Å². The highest BCUT2D eigenvalue weighted by atomic mass is 32.7. The minimum absolute atomic E-state index is 0.533. The van der Waals surface area contributed by atoms with Crippen molar-refractivity contribution in [2.24, 2.45) is 0 Å². The van der Waals surface area contributed by atoms with E-state index in [0.717, 1.165) is 0 Å². The molecule has 0 aliphatic heterocycles. The first-order chi connectivity index (χ1) is 2.77. The van der Waals surface area contributed by atoms with Crippen LogP contribution < -0.4 is 0 Å². The Morgan fingerprint density at radius 3 is 2.50 bits per heavy atom. The standard InChI is InChI=1S/C2H7O2PS/c1-2-4-5(3)6/h3,6H,2H2,1H3. The molecule has 4 heteroatoms. The molecular formula is C2H7O2PS. The molecule has 0 saturated heterocycles. The number of rotatable bonds is 2. The lowest BCUT2D eigenvalue weighted by molar-refractivity contribution is 0.343. The smallest absolute Gasteiger partial charge is 0.231 e. The molecule has 1 unspecified atom stereocenters. The van der Waals surface area contributed by atoms with Crippen LogP contribution in [0.1, 0.15) is 6.92 Å². The second kappa shape index (κ2) is 3.88. The largest absolute Gasteiger partial charge is 0.342 e. The molecule has 0 heterocycles. The van der Waals surface area contributed by atoms with E-state index < -0.39 is 7.58 Å². The molecule has 0 fully saturated rings. The Balaban J connectivity index is 2.63. The third-order valence-electron chi connectivity index (χ3n) is 0.245. The molecule has 0 amide bonds. The van der Waals surface area contributed by atoms with Crippen LogP contribution in [0.25, 0.3) is 0 Å². The fourth-order valence-corrected chi connectivity index (χ4v) is 0.693. The van der Waals surface area contributed by atoms with Crippen LogP contribution in [0.2, 0.25) is 0 Å². The van der Waals surface area contributed by atoms with E-state index in [0.29, 0.717) is 6.61 Å². The molecule has 1 N–H and O–H groups in total. The van der Waals surface area contributed by atoms with Crippen molar-refractivity contribution in [1.29, 1.82) is 0 Å².